The van der Waals surface area contributed by atoms with Gasteiger partial charge in [-0.1, -0.05) is 18.2 Å². The van der Waals surface area contributed by atoms with Crippen molar-refractivity contribution < 1.29 is 4.79 Å². The van der Waals surface area contributed by atoms with Gasteiger partial charge in [0.15, 0.2) is 5.78 Å². The summed E-state index contributed by atoms with van der Waals surface area (Å²) in [7, 11) is 0. The van der Waals surface area contributed by atoms with Crippen LogP contribution in [0.1, 0.15) is 36.1 Å². The number of hydrogen-bond donors (Lipinski definition) is 1. The molecule has 2 rings (SSSR count). The molecule has 0 heterocycles. The molecule has 1 aromatic rings. The smallest absolute Gasteiger partial charge is 0.150 e. The molecule has 0 bridgehead atoms. The Kier molecular flexibility index (Phi) is 2.38. The minimum atomic E-state index is -0.444. The summed E-state index contributed by atoms with van der Waals surface area (Å²) in [5.41, 5.74) is 9.53. The summed E-state index contributed by atoms with van der Waals surface area (Å²) in [5.74, 6) is 0.0305. The minimum absolute atomic E-state index is 0.0305. The molecular weight excluding hydrogens is 174 g/mol. The Balaban J connectivity index is 2.33. The van der Waals surface area contributed by atoms with Crippen LogP contribution in [0.3, 0.4) is 0 Å². The summed E-state index contributed by atoms with van der Waals surface area (Å²) in [6.45, 7) is 1.54. The minimum Gasteiger partial charge on any atom is -0.318 e. The van der Waals surface area contributed by atoms with Gasteiger partial charge < -0.3 is 5.73 Å². The fraction of sp³-hybridized carbons (Fsp3) is 0.417. The molecule has 74 valence electrons. The monoisotopic (exact) mass is 189 g/mol. The molecule has 0 aliphatic heterocycles. The fourth-order valence-corrected chi connectivity index (χ4v) is 2.02. The Morgan fingerprint density at radius 3 is 2.79 bits per heavy atom. The molecule has 0 amide bonds. The highest BCUT2D eigenvalue weighted by Gasteiger charge is 2.15. The van der Waals surface area contributed by atoms with E-state index in [2.05, 4.69) is 12.1 Å². The number of Topliss-reactive ketones (excluding diaryl/α,β-unsaturated/α-hetero) is 1. The van der Waals surface area contributed by atoms with Crippen LogP contribution in [0.2, 0.25) is 0 Å². The first-order valence-electron chi connectivity index (χ1n) is 5.06. The Morgan fingerprint density at radius 2 is 2.07 bits per heavy atom. The molecule has 0 aromatic heterocycles. The van der Waals surface area contributed by atoms with Crippen LogP contribution in [0.25, 0.3) is 0 Å². The number of benzene rings is 1. The van der Waals surface area contributed by atoms with E-state index in [0.29, 0.717) is 0 Å². The van der Waals surface area contributed by atoms with Gasteiger partial charge in [0.25, 0.3) is 0 Å². The summed E-state index contributed by atoms with van der Waals surface area (Å²) < 4.78 is 0. The first-order chi connectivity index (χ1) is 6.68. The second kappa shape index (κ2) is 3.54. The normalized spacial score (nSPS) is 16.4. The second-order valence-corrected chi connectivity index (χ2v) is 3.97. The van der Waals surface area contributed by atoms with Gasteiger partial charge >= 0.3 is 0 Å². The number of nitrogens with two attached hydrogens (primary N) is 1. The van der Waals surface area contributed by atoms with Crippen LogP contribution in [0.4, 0.5) is 0 Å². The number of hydrogen-bond acceptors (Lipinski definition) is 2. The van der Waals surface area contributed by atoms with Gasteiger partial charge in [0.05, 0.1) is 6.04 Å². The van der Waals surface area contributed by atoms with Gasteiger partial charge in [-0.2, -0.15) is 0 Å². The Bertz CT molecular complexity index is 371. The quantitative estimate of drug-likeness (QED) is 0.770. The lowest BCUT2D eigenvalue weighted by Crippen LogP contribution is -2.18. The number of carbonyl (C=O) groups excluding carboxylic acids is 1. The van der Waals surface area contributed by atoms with Crippen LogP contribution in [0.15, 0.2) is 18.2 Å². The van der Waals surface area contributed by atoms with Gasteiger partial charge in [0, 0.05) is 0 Å². The van der Waals surface area contributed by atoms with Gasteiger partial charge in [-0.3, -0.25) is 4.79 Å². The largest absolute Gasteiger partial charge is 0.318 e. The Morgan fingerprint density at radius 1 is 1.36 bits per heavy atom. The zero-order chi connectivity index (χ0) is 10.1. The van der Waals surface area contributed by atoms with Crippen LogP contribution in [0.5, 0.6) is 0 Å². The maximum absolute atomic E-state index is 11.1. The van der Waals surface area contributed by atoms with Crippen LogP contribution >= 0.6 is 0 Å². The van der Waals surface area contributed by atoms with Crippen molar-refractivity contribution in [3.8, 4) is 0 Å². The first-order valence-corrected chi connectivity index (χ1v) is 5.06. The molecule has 0 radical (unpaired) electrons. The van der Waals surface area contributed by atoms with Crippen LogP contribution < -0.4 is 5.73 Å². The summed E-state index contributed by atoms with van der Waals surface area (Å²) in [5, 5.41) is 0. The molecule has 2 heteroatoms. The lowest BCUT2D eigenvalue weighted by molar-refractivity contribution is -0.118. The van der Waals surface area contributed by atoms with E-state index in [4.69, 9.17) is 5.73 Å². The van der Waals surface area contributed by atoms with Crippen molar-refractivity contribution in [3.05, 3.63) is 34.9 Å². The molecule has 0 saturated heterocycles. The molecule has 2 nitrogen and oxygen atoms in total. The summed E-state index contributed by atoms with van der Waals surface area (Å²) in [6, 6.07) is 5.74. The van der Waals surface area contributed by atoms with Crippen molar-refractivity contribution in [1.82, 2.24) is 0 Å². The van der Waals surface area contributed by atoms with E-state index < -0.39 is 6.04 Å². The van der Waals surface area contributed by atoms with E-state index in [1.807, 2.05) is 6.07 Å². The lowest BCUT2D eigenvalue weighted by Gasteiger charge is -2.09. The van der Waals surface area contributed by atoms with Crippen LogP contribution in [-0.4, -0.2) is 5.78 Å². The summed E-state index contributed by atoms with van der Waals surface area (Å²) in [4.78, 5) is 11.1. The van der Waals surface area contributed by atoms with E-state index in [1.54, 1.807) is 0 Å². The van der Waals surface area contributed by atoms with Gasteiger partial charge in [0.1, 0.15) is 0 Å². The standard InChI is InChI=1S/C12H15NO/c1-8(14)12(13)11-6-5-9-3-2-4-10(9)7-11/h5-7,12H,2-4,13H2,1H3. The molecule has 1 aliphatic rings. The van der Waals surface area contributed by atoms with Crippen molar-refractivity contribution in [2.45, 2.75) is 32.2 Å². The molecule has 2 N–H and O–H groups in total. The zero-order valence-electron chi connectivity index (χ0n) is 8.42. The fourth-order valence-electron chi connectivity index (χ4n) is 2.02. The maximum atomic E-state index is 11.1. The van der Waals surface area contributed by atoms with Crippen molar-refractivity contribution in [1.29, 1.82) is 0 Å². The predicted molar refractivity (Wildman–Crippen MR) is 56.1 cm³/mol. The predicted octanol–water partition coefficient (Wildman–Crippen LogP) is 1.76. The van der Waals surface area contributed by atoms with Crippen molar-refractivity contribution in [2.24, 2.45) is 5.73 Å². The number of fused-ring (bicyclic) bond motifs is 1. The van der Waals surface area contributed by atoms with E-state index in [0.717, 1.165) is 12.0 Å². The van der Waals surface area contributed by atoms with Gasteiger partial charge in [0.2, 0.25) is 0 Å². The third-order valence-electron chi connectivity index (χ3n) is 2.92. The SMILES string of the molecule is CC(=O)C(N)c1ccc2c(c1)CCC2. The topological polar surface area (TPSA) is 43.1 Å². The third kappa shape index (κ3) is 1.58. The highest BCUT2D eigenvalue weighted by molar-refractivity contribution is 5.82. The van der Waals surface area contributed by atoms with Crippen molar-refractivity contribution in [3.63, 3.8) is 0 Å². The number of carbonyl (C=O) groups is 1. The van der Waals surface area contributed by atoms with Gasteiger partial charge in [-0.15, -0.1) is 0 Å². The third-order valence-corrected chi connectivity index (χ3v) is 2.92. The lowest BCUT2D eigenvalue weighted by atomic mass is 10.00. The Labute approximate surface area is 84.1 Å². The van der Waals surface area contributed by atoms with E-state index >= 15 is 0 Å². The Hall–Kier alpha value is -1.15. The molecule has 1 aromatic carbocycles. The highest BCUT2D eigenvalue weighted by atomic mass is 16.1. The van der Waals surface area contributed by atoms with Crippen LogP contribution in [-0.2, 0) is 17.6 Å². The molecule has 1 aliphatic carbocycles. The van der Waals surface area contributed by atoms with E-state index in [9.17, 15) is 4.79 Å². The van der Waals surface area contributed by atoms with Crippen molar-refractivity contribution in [2.75, 3.05) is 0 Å². The average Bonchev–Trinajstić information content (AvgIpc) is 2.62. The van der Waals surface area contributed by atoms with E-state index in [1.165, 1.54) is 30.9 Å². The molecule has 0 spiro atoms. The van der Waals surface area contributed by atoms with Crippen molar-refractivity contribution >= 4 is 5.78 Å². The molecule has 14 heavy (non-hydrogen) atoms. The number of rotatable bonds is 2. The first kappa shape index (κ1) is 9.41. The van der Waals surface area contributed by atoms with Crippen LogP contribution in [0, 0.1) is 0 Å². The molecule has 1 unspecified atom stereocenters. The number of aryl methyl sites for hydroxylation is 2. The molecule has 1 atom stereocenters. The maximum Gasteiger partial charge on any atom is 0.150 e. The molecular formula is C12H15NO. The summed E-state index contributed by atoms with van der Waals surface area (Å²) in [6.07, 6.45) is 3.53. The molecule has 0 fully saturated rings. The summed E-state index contributed by atoms with van der Waals surface area (Å²) >= 11 is 0. The van der Waals surface area contributed by atoms with E-state index in [-0.39, 0.29) is 5.78 Å². The van der Waals surface area contributed by atoms with Gasteiger partial charge in [-0.05, 0) is 42.9 Å². The molecule has 0 saturated carbocycles. The highest BCUT2D eigenvalue weighted by Crippen LogP contribution is 2.24. The number of ketones is 1. The van der Waals surface area contributed by atoms with Gasteiger partial charge in [-0.25, -0.2) is 0 Å². The average molecular weight is 189 g/mol. The zero-order valence-corrected chi connectivity index (χ0v) is 8.42. The second-order valence-electron chi connectivity index (χ2n) is 3.97.